The first-order chi connectivity index (χ1) is 11.2. The van der Waals surface area contributed by atoms with E-state index in [-0.39, 0.29) is 11.9 Å². The minimum absolute atomic E-state index is 0.0391. The first kappa shape index (κ1) is 16.0. The van der Waals surface area contributed by atoms with E-state index >= 15 is 0 Å². The van der Waals surface area contributed by atoms with Gasteiger partial charge in [0.1, 0.15) is 15.6 Å². The molecule has 2 atom stereocenters. The van der Waals surface area contributed by atoms with Crippen molar-refractivity contribution in [2.45, 2.75) is 19.4 Å². The van der Waals surface area contributed by atoms with Crippen LogP contribution in [0.15, 0.2) is 30.5 Å². The van der Waals surface area contributed by atoms with E-state index in [0.717, 1.165) is 35.8 Å². The van der Waals surface area contributed by atoms with Gasteiger partial charge in [0.25, 0.3) is 5.91 Å². The van der Waals surface area contributed by atoms with E-state index in [2.05, 4.69) is 22.5 Å². The van der Waals surface area contributed by atoms with Gasteiger partial charge in [0.2, 0.25) is 0 Å². The predicted octanol–water partition coefficient (Wildman–Crippen LogP) is 2.55. The van der Waals surface area contributed by atoms with Crippen LogP contribution in [0.1, 0.15) is 23.0 Å². The third-order valence-corrected chi connectivity index (χ3v) is 5.26. The first-order valence-corrected chi connectivity index (χ1v) is 8.61. The van der Waals surface area contributed by atoms with E-state index < -0.39 is 0 Å². The van der Waals surface area contributed by atoms with E-state index in [1.807, 2.05) is 24.3 Å². The molecule has 1 fully saturated rings. The summed E-state index contributed by atoms with van der Waals surface area (Å²) in [6.45, 7) is 4.04. The van der Waals surface area contributed by atoms with Crippen molar-refractivity contribution in [3.8, 4) is 16.3 Å². The molecule has 1 amide bonds. The summed E-state index contributed by atoms with van der Waals surface area (Å²) in [6, 6.07) is 7.87. The van der Waals surface area contributed by atoms with E-state index in [1.165, 1.54) is 11.3 Å². The molecular formula is C17H21N3O2S. The maximum absolute atomic E-state index is 12.4. The number of rotatable bonds is 4. The van der Waals surface area contributed by atoms with Gasteiger partial charge in [-0.15, -0.1) is 11.3 Å². The van der Waals surface area contributed by atoms with Crippen LogP contribution < -0.4 is 15.4 Å². The Hall–Kier alpha value is -1.92. The Bertz CT molecular complexity index is 669. The molecule has 2 aromatic rings. The monoisotopic (exact) mass is 331 g/mol. The number of piperidine rings is 1. The molecular weight excluding hydrogens is 310 g/mol. The summed E-state index contributed by atoms with van der Waals surface area (Å²) >= 11 is 1.41. The van der Waals surface area contributed by atoms with Gasteiger partial charge in [0.15, 0.2) is 0 Å². The second-order valence-electron chi connectivity index (χ2n) is 5.81. The number of methoxy groups -OCH3 is 1. The van der Waals surface area contributed by atoms with Gasteiger partial charge in [-0.2, -0.15) is 0 Å². The molecule has 1 aromatic heterocycles. The average Bonchev–Trinajstić information content (AvgIpc) is 3.07. The summed E-state index contributed by atoms with van der Waals surface area (Å²) in [5, 5.41) is 7.28. The van der Waals surface area contributed by atoms with Crippen LogP contribution in [0.25, 0.3) is 10.6 Å². The van der Waals surface area contributed by atoms with Crippen molar-refractivity contribution >= 4 is 17.2 Å². The van der Waals surface area contributed by atoms with Crippen LogP contribution in [0.2, 0.25) is 0 Å². The number of benzene rings is 1. The van der Waals surface area contributed by atoms with Crippen molar-refractivity contribution in [1.82, 2.24) is 15.6 Å². The number of carbonyl (C=O) groups is 1. The lowest BCUT2D eigenvalue weighted by Crippen LogP contribution is -2.50. The number of amides is 1. The molecule has 0 bridgehead atoms. The topological polar surface area (TPSA) is 63.2 Å². The summed E-state index contributed by atoms with van der Waals surface area (Å²) in [6.07, 6.45) is 2.74. The molecule has 1 saturated heterocycles. The SMILES string of the molecule is COc1ccc(-c2ncc(C(=O)NC3CNCCC3C)s2)cc1. The molecule has 6 heteroatoms. The number of hydrogen-bond acceptors (Lipinski definition) is 5. The van der Waals surface area contributed by atoms with Gasteiger partial charge in [0, 0.05) is 18.2 Å². The molecule has 1 aliphatic rings. The van der Waals surface area contributed by atoms with Crippen molar-refractivity contribution < 1.29 is 9.53 Å². The lowest BCUT2D eigenvalue weighted by atomic mass is 9.95. The van der Waals surface area contributed by atoms with E-state index in [9.17, 15) is 4.79 Å². The Morgan fingerprint density at radius 1 is 1.39 bits per heavy atom. The Kier molecular flexibility index (Phi) is 4.93. The second kappa shape index (κ2) is 7.10. The van der Waals surface area contributed by atoms with E-state index in [4.69, 9.17) is 4.74 Å². The molecule has 1 aromatic carbocycles. The summed E-state index contributed by atoms with van der Waals surface area (Å²) in [4.78, 5) is 17.4. The number of ether oxygens (including phenoxy) is 1. The highest BCUT2D eigenvalue weighted by Gasteiger charge is 2.23. The minimum Gasteiger partial charge on any atom is -0.497 e. The largest absolute Gasteiger partial charge is 0.497 e. The second-order valence-corrected chi connectivity index (χ2v) is 6.84. The van der Waals surface area contributed by atoms with E-state index in [0.29, 0.717) is 10.8 Å². The Balaban J connectivity index is 1.69. The molecule has 5 nitrogen and oxygen atoms in total. The zero-order valence-electron chi connectivity index (χ0n) is 13.3. The molecule has 23 heavy (non-hydrogen) atoms. The van der Waals surface area contributed by atoms with Gasteiger partial charge >= 0.3 is 0 Å². The lowest BCUT2D eigenvalue weighted by molar-refractivity contribution is 0.0919. The van der Waals surface area contributed by atoms with Crippen molar-refractivity contribution in [3.05, 3.63) is 35.3 Å². The molecule has 1 aliphatic heterocycles. The van der Waals surface area contributed by atoms with Crippen LogP contribution in [-0.2, 0) is 0 Å². The fourth-order valence-electron chi connectivity index (χ4n) is 2.67. The zero-order chi connectivity index (χ0) is 16.2. The number of aromatic nitrogens is 1. The number of thiazole rings is 1. The van der Waals surface area contributed by atoms with Crippen molar-refractivity contribution in [2.24, 2.45) is 5.92 Å². The molecule has 122 valence electrons. The van der Waals surface area contributed by atoms with Gasteiger partial charge in [-0.25, -0.2) is 4.98 Å². The molecule has 2 unspecified atom stereocenters. The zero-order valence-corrected chi connectivity index (χ0v) is 14.2. The molecule has 3 rings (SSSR count). The summed E-state index contributed by atoms with van der Waals surface area (Å²) in [5.41, 5.74) is 0.988. The Morgan fingerprint density at radius 2 is 2.17 bits per heavy atom. The van der Waals surface area contributed by atoms with Gasteiger partial charge in [0.05, 0.1) is 13.3 Å². The number of carbonyl (C=O) groups excluding carboxylic acids is 1. The van der Waals surface area contributed by atoms with Crippen LogP contribution in [0.5, 0.6) is 5.75 Å². The highest BCUT2D eigenvalue weighted by molar-refractivity contribution is 7.16. The fourth-order valence-corrected chi connectivity index (χ4v) is 3.49. The predicted molar refractivity (Wildman–Crippen MR) is 92.0 cm³/mol. The van der Waals surface area contributed by atoms with E-state index in [1.54, 1.807) is 13.3 Å². The van der Waals surface area contributed by atoms with Gasteiger partial charge < -0.3 is 15.4 Å². The van der Waals surface area contributed by atoms with Crippen molar-refractivity contribution in [3.63, 3.8) is 0 Å². The number of nitrogens with zero attached hydrogens (tertiary/aromatic N) is 1. The Labute approximate surface area is 140 Å². The van der Waals surface area contributed by atoms with Crippen molar-refractivity contribution in [1.29, 1.82) is 0 Å². The summed E-state index contributed by atoms with van der Waals surface area (Å²) < 4.78 is 5.16. The molecule has 2 N–H and O–H groups in total. The third-order valence-electron chi connectivity index (χ3n) is 4.21. The van der Waals surface area contributed by atoms with Gasteiger partial charge in [-0.3, -0.25) is 4.79 Å². The van der Waals surface area contributed by atoms with Gasteiger partial charge in [-0.1, -0.05) is 6.92 Å². The molecule has 0 aliphatic carbocycles. The molecule has 0 spiro atoms. The highest BCUT2D eigenvalue weighted by Crippen LogP contribution is 2.27. The smallest absolute Gasteiger partial charge is 0.263 e. The van der Waals surface area contributed by atoms with Crippen LogP contribution in [0.3, 0.4) is 0 Å². The van der Waals surface area contributed by atoms with Crippen LogP contribution in [0, 0.1) is 5.92 Å². The maximum Gasteiger partial charge on any atom is 0.263 e. The lowest BCUT2D eigenvalue weighted by Gasteiger charge is -2.29. The average molecular weight is 331 g/mol. The fraction of sp³-hybridized carbons (Fsp3) is 0.412. The van der Waals surface area contributed by atoms with Crippen molar-refractivity contribution in [2.75, 3.05) is 20.2 Å². The molecule has 0 radical (unpaired) electrons. The maximum atomic E-state index is 12.4. The number of hydrogen-bond donors (Lipinski definition) is 2. The Morgan fingerprint density at radius 3 is 2.87 bits per heavy atom. The molecule has 0 saturated carbocycles. The van der Waals surface area contributed by atoms with Crippen LogP contribution in [-0.4, -0.2) is 37.1 Å². The first-order valence-electron chi connectivity index (χ1n) is 7.79. The van der Waals surface area contributed by atoms with Gasteiger partial charge in [-0.05, 0) is 43.1 Å². The quantitative estimate of drug-likeness (QED) is 0.904. The standard InChI is InChI=1S/C17H21N3O2S/c1-11-7-8-18-9-14(11)20-16(21)15-10-19-17(23-15)12-3-5-13(22-2)6-4-12/h3-6,10-11,14,18H,7-9H2,1-2H3,(H,20,21). The normalized spacial score (nSPS) is 21.0. The summed E-state index contributed by atoms with van der Waals surface area (Å²) in [7, 11) is 1.64. The third kappa shape index (κ3) is 3.71. The molecule has 2 heterocycles. The summed E-state index contributed by atoms with van der Waals surface area (Å²) in [5.74, 6) is 1.26. The minimum atomic E-state index is -0.0391. The van der Waals surface area contributed by atoms with Crippen LogP contribution >= 0.6 is 11.3 Å². The van der Waals surface area contributed by atoms with Crippen LogP contribution in [0.4, 0.5) is 0 Å². The highest BCUT2D eigenvalue weighted by atomic mass is 32.1. The number of nitrogens with one attached hydrogen (secondary N) is 2.